The van der Waals surface area contributed by atoms with E-state index in [0.29, 0.717) is 23.0 Å². The van der Waals surface area contributed by atoms with Gasteiger partial charge in [0.25, 0.3) is 11.8 Å². The molecule has 2 N–H and O–H groups in total. The van der Waals surface area contributed by atoms with Crippen LogP contribution in [0.3, 0.4) is 0 Å². The minimum absolute atomic E-state index is 0.202. The number of carbonyl (C=O) groups excluding carboxylic acids is 2. The maximum Gasteiger partial charge on any atom is 0.288 e. The van der Waals surface area contributed by atoms with Crippen molar-refractivity contribution in [3.63, 3.8) is 0 Å². The van der Waals surface area contributed by atoms with Crippen molar-refractivity contribution in [2.75, 3.05) is 0 Å². The van der Waals surface area contributed by atoms with Crippen LogP contribution in [0.2, 0.25) is 5.15 Å². The summed E-state index contributed by atoms with van der Waals surface area (Å²) in [4.78, 5) is 27.7. The number of hydrogen-bond acceptors (Lipinski definition) is 4. The highest BCUT2D eigenvalue weighted by Crippen LogP contribution is 2.22. The van der Waals surface area contributed by atoms with Crippen LogP contribution < -0.4 is 10.9 Å². The SMILES string of the molecule is Cc1nn(Cc2ccccc2)c(Cl)c1/C=C/C(=O)NNC(=O)c1ccccn1. The molecule has 0 saturated heterocycles. The van der Waals surface area contributed by atoms with E-state index in [1.165, 1.54) is 12.3 Å². The molecule has 0 bridgehead atoms. The van der Waals surface area contributed by atoms with Crippen molar-refractivity contribution in [3.8, 4) is 0 Å². The number of hydrogen-bond donors (Lipinski definition) is 2. The number of rotatable bonds is 5. The summed E-state index contributed by atoms with van der Waals surface area (Å²) in [5.74, 6) is -1.01. The predicted molar refractivity (Wildman–Crippen MR) is 106 cm³/mol. The number of nitrogens with zero attached hydrogens (tertiary/aromatic N) is 3. The van der Waals surface area contributed by atoms with E-state index >= 15 is 0 Å². The summed E-state index contributed by atoms with van der Waals surface area (Å²) in [6, 6.07) is 14.7. The van der Waals surface area contributed by atoms with Crippen LogP contribution in [0.1, 0.15) is 27.3 Å². The summed E-state index contributed by atoms with van der Waals surface area (Å²) < 4.78 is 1.67. The number of benzene rings is 1. The summed E-state index contributed by atoms with van der Waals surface area (Å²) in [6.07, 6.45) is 4.34. The van der Waals surface area contributed by atoms with Crippen molar-refractivity contribution in [1.82, 2.24) is 25.6 Å². The Labute approximate surface area is 167 Å². The maximum absolute atomic E-state index is 12.0. The van der Waals surface area contributed by atoms with Gasteiger partial charge in [-0.2, -0.15) is 5.10 Å². The fourth-order valence-corrected chi connectivity index (χ4v) is 2.80. The van der Waals surface area contributed by atoms with Gasteiger partial charge in [0, 0.05) is 17.8 Å². The average molecular weight is 396 g/mol. The number of carbonyl (C=O) groups is 2. The van der Waals surface area contributed by atoms with Gasteiger partial charge in [0.1, 0.15) is 10.8 Å². The van der Waals surface area contributed by atoms with Crippen molar-refractivity contribution >= 4 is 29.5 Å². The molecule has 0 aliphatic heterocycles. The van der Waals surface area contributed by atoms with Crippen LogP contribution in [-0.2, 0) is 11.3 Å². The fraction of sp³-hybridized carbons (Fsp3) is 0.100. The number of hydrazine groups is 1. The second-order valence-corrected chi connectivity index (χ2v) is 6.28. The molecule has 3 aromatic rings. The largest absolute Gasteiger partial charge is 0.288 e. The third-order valence-corrected chi connectivity index (χ3v) is 4.28. The number of pyridine rings is 1. The van der Waals surface area contributed by atoms with E-state index in [4.69, 9.17) is 11.6 Å². The Morgan fingerprint density at radius 1 is 1.11 bits per heavy atom. The lowest BCUT2D eigenvalue weighted by molar-refractivity contribution is -0.117. The van der Waals surface area contributed by atoms with Gasteiger partial charge in [-0.05, 0) is 30.7 Å². The lowest BCUT2D eigenvalue weighted by Gasteiger charge is -2.04. The lowest BCUT2D eigenvalue weighted by Crippen LogP contribution is -2.41. The van der Waals surface area contributed by atoms with Crippen LogP contribution in [0.5, 0.6) is 0 Å². The zero-order valence-corrected chi connectivity index (χ0v) is 15.8. The first-order chi connectivity index (χ1) is 13.5. The predicted octanol–water partition coefficient (Wildman–Crippen LogP) is 2.76. The average Bonchev–Trinajstić information content (AvgIpc) is 2.98. The molecule has 0 atom stereocenters. The number of aryl methyl sites for hydroxylation is 1. The smallest absolute Gasteiger partial charge is 0.268 e. The second kappa shape index (κ2) is 8.96. The maximum atomic E-state index is 12.0. The van der Waals surface area contributed by atoms with Crippen molar-refractivity contribution in [1.29, 1.82) is 0 Å². The first kappa shape index (κ1) is 19.3. The van der Waals surface area contributed by atoms with E-state index in [2.05, 4.69) is 20.9 Å². The van der Waals surface area contributed by atoms with Crippen LogP contribution in [0.4, 0.5) is 0 Å². The van der Waals surface area contributed by atoms with Gasteiger partial charge in [0.15, 0.2) is 0 Å². The Balaban J connectivity index is 1.62. The molecule has 0 spiro atoms. The van der Waals surface area contributed by atoms with Crippen molar-refractivity contribution in [2.45, 2.75) is 13.5 Å². The molecule has 2 heterocycles. The number of nitrogens with one attached hydrogen (secondary N) is 2. The molecular weight excluding hydrogens is 378 g/mol. The van der Waals surface area contributed by atoms with Crippen LogP contribution >= 0.6 is 11.6 Å². The molecule has 142 valence electrons. The van der Waals surface area contributed by atoms with Gasteiger partial charge in [-0.3, -0.25) is 25.4 Å². The Morgan fingerprint density at radius 3 is 2.57 bits per heavy atom. The molecular formula is C20H18ClN5O2. The van der Waals surface area contributed by atoms with Gasteiger partial charge in [-0.25, -0.2) is 4.68 Å². The number of halogens is 1. The van der Waals surface area contributed by atoms with Gasteiger partial charge < -0.3 is 0 Å². The summed E-state index contributed by atoms with van der Waals surface area (Å²) in [7, 11) is 0. The van der Waals surface area contributed by atoms with Gasteiger partial charge in [0.2, 0.25) is 0 Å². The highest BCUT2D eigenvalue weighted by molar-refractivity contribution is 6.31. The van der Waals surface area contributed by atoms with E-state index in [-0.39, 0.29) is 5.69 Å². The van der Waals surface area contributed by atoms with Gasteiger partial charge in [0.05, 0.1) is 12.2 Å². The first-order valence-corrected chi connectivity index (χ1v) is 8.88. The molecule has 0 saturated carbocycles. The molecule has 28 heavy (non-hydrogen) atoms. The third-order valence-electron chi connectivity index (χ3n) is 3.88. The lowest BCUT2D eigenvalue weighted by atomic mass is 10.2. The summed E-state index contributed by atoms with van der Waals surface area (Å²) in [5.41, 5.74) is 7.21. The Hall–Kier alpha value is -3.45. The second-order valence-electron chi connectivity index (χ2n) is 5.92. The first-order valence-electron chi connectivity index (χ1n) is 8.51. The van der Waals surface area contributed by atoms with Crippen molar-refractivity contribution in [2.24, 2.45) is 0 Å². The zero-order valence-electron chi connectivity index (χ0n) is 15.1. The Morgan fingerprint density at radius 2 is 1.86 bits per heavy atom. The normalized spacial score (nSPS) is 10.8. The quantitative estimate of drug-likeness (QED) is 0.513. The molecule has 2 amide bonds. The van der Waals surface area contributed by atoms with Crippen molar-refractivity contribution < 1.29 is 9.59 Å². The fourth-order valence-electron chi connectivity index (χ4n) is 2.50. The Kier molecular flexibility index (Phi) is 6.18. The number of aromatic nitrogens is 3. The van der Waals surface area contributed by atoms with Gasteiger partial charge >= 0.3 is 0 Å². The monoisotopic (exact) mass is 395 g/mol. The topological polar surface area (TPSA) is 88.9 Å². The molecule has 8 heteroatoms. The van der Waals surface area contributed by atoms with Gasteiger partial charge in [-0.15, -0.1) is 0 Å². The summed E-state index contributed by atoms with van der Waals surface area (Å²) in [5, 5.41) is 4.85. The molecule has 7 nitrogen and oxygen atoms in total. The van der Waals surface area contributed by atoms with E-state index in [1.807, 2.05) is 37.3 Å². The van der Waals surface area contributed by atoms with E-state index in [1.54, 1.807) is 29.0 Å². The molecule has 3 rings (SSSR count). The summed E-state index contributed by atoms with van der Waals surface area (Å²) >= 11 is 6.41. The van der Waals surface area contributed by atoms with Gasteiger partial charge in [-0.1, -0.05) is 48.0 Å². The molecule has 0 radical (unpaired) electrons. The molecule has 1 aromatic carbocycles. The molecule has 0 fully saturated rings. The highest BCUT2D eigenvalue weighted by atomic mass is 35.5. The zero-order chi connectivity index (χ0) is 19.9. The standard InChI is InChI=1S/C20H18ClN5O2/c1-14-16(19(21)26(25-14)13-15-7-3-2-4-8-15)10-11-18(27)23-24-20(28)17-9-5-6-12-22-17/h2-12H,13H2,1H3,(H,23,27)(H,24,28)/b11-10+. The summed E-state index contributed by atoms with van der Waals surface area (Å²) in [6.45, 7) is 2.34. The molecule has 0 aliphatic rings. The van der Waals surface area contributed by atoms with Crippen LogP contribution in [-0.4, -0.2) is 26.6 Å². The van der Waals surface area contributed by atoms with E-state index in [0.717, 1.165) is 5.56 Å². The Bertz CT molecular complexity index is 1000. The van der Waals surface area contributed by atoms with Crippen LogP contribution in [0, 0.1) is 6.92 Å². The van der Waals surface area contributed by atoms with E-state index < -0.39 is 11.8 Å². The highest BCUT2D eigenvalue weighted by Gasteiger charge is 2.12. The molecule has 0 unspecified atom stereocenters. The van der Waals surface area contributed by atoms with Crippen LogP contribution in [0.15, 0.2) is 60.8 Å². The third kappa shape index (κ3) is 4.83. The molecule has 0 aliphatic carbocycles. The minimum Gasteiger partial charge on any atom is -0.268 e. The minimum atomic E-state index is -0.507. The van der Waals surface area contributed by atoms with E-state index in [9.17, 15) is 9.59 Å². The molecule has 2 aromatic heterocycles. The number of amides is 2. The van der Waals surface area contributed by atoms with Crippen LogP contribution in [0.25, 0.3) is 6.08 Å². The van der Waals surface area contributed by atoms with Crippen molar-refractivity contribution in [3.05, 3.63) is 88.5 Å².